The van der Waals surface area contributed by atoms with Crippen LogP contribution in [0.25, 0.3) is 49.0 Å². The summed E-state index contributed by atoms with van der Waals surface area (Å²) in [7, 11) is 0. The van der Waals surface area contributed by atoms with Crippen LogP contribution in [0.15, 0.2) is 63.3 Å². The highest BCUT2D eigenvalue weighted by Crippen LogP contribution is 2.44. The topological polar surface area (TPSA) is 330 Å². The number of aromatic amines is 1. The molecule has 5 amide bonds. The van der Waals surface area contributed by atoms with Crippen LogP contribution in [0.5, 0.6) is 5.75 Å². The number of ether oxygens (including phenoxy) is 1. The number of H-pyrrole nitrogens is 1. The van der Waals surface area contributed by atoms with Crippen LogP contribution in [0.4, 0.5) is 0 Å². The van der Waals surface area contributed by atoms with Crippen LogP contribution in [-0.4, -0.2) is 115 Å². The van der Waals surface area contributed by atoms with Gasteiger partial charge in [0, 0.05) is 66.6 Å². The van der Waals surface area contributed by atoms with Crippen LogP contribution in [0.1, 0.15) is 132 Å². The maximum atomic E-state index is 14.5. The van der Waals surface area contributed by atoms with Crippen molar-refractivity contribution in [2.24, 2.45) is 0 Å². The van der Waals surface area contributed by atoms with E-state index in [4.69, 9.17) is 9.72 Å². The van der Waals surface area contributed by atoms with Crippen molar-refractivity contribution in [1.82, 2.24) is 56.5 Å². The molecule has 9 N–H and O–H groups in total. The van der Waals surface area contributed by atoms with Crippen molar-refractivity contribution >= 4 is 126 Å². The van der Waals surface area contributed by atoms with Gasteiger partial charge in [0.05, 0.1) is 40.8 Å². The molecule has 2 aliphatic heterocycles. The fraction of sp³-hybridized carbons (Fsp3) is 0.283. The number of aromatic hydroxyl groups is 1. The van der Waals surface area contributed by atoms with Crippen LogP contribution < -0.4 is 26.6 Å². The van der Waals surface area contributed by atoms with Gasteiger partial charge in [0.15, 0.2) is 6.10 Å². The maximum absolute atomic E-state index is 14.5. The van der Waals surface area contributed by atoms with E-state index in [2.05, 4.69) is 51.5 Å². The monoisotopic (exact) mass is 1210 g/mol. The number of hydrogen-bond donors (Lipinski definition) is 9. The van der Waals surface area contributed by atoms with Crippen molar-refractivity contribution in [2.45, 2.75) is 90.4 Å². The Bertz CT molecular complexity index is 3860. The molecule has 81 heavy (non-hydrogen) atoms. The number of aliphatic hydroxyl groups excluding tert-OH is 2. The third kappa shape index (κ3) is 12.1. The molecule has 8 heterocycles. The highest BCUT2D eigenvalue weighted by molar-refractivity contribution is 8.14. The molecule has 0 spiro atoms. The number of cyclic esters (lactones) is 1. The number of thioether (sulfide) groups is 1. The molecule has 6 aromatic heterocycles. The molecule has 22 nitrogen and oxygen atoms in total. The van der Waals surface area contributed by atoms with Gasteiger partial charge in [-0.15, -0.1) is 56.7 Å². The van der Waals surface area contributed by atoms with Crippen LogP contribution in [0, 0.1) is 6.92 Å². The molecule has 0 radical (unpaired) electrons. The van der Waals surface area contributed by atoms with Crippen molar-refractivity contribution < 1.29 is 53.6 Å². The number of carbonyl (C=O) groups excluding carboxylic acids is 7. The van der Waals surface area contributed by atoms with Crippen molar-refractivity contribution in [3.63, 3.8) is 0 Å². The Morgan fingerprint density at radius 2 is 1.40 bits per heavy atom. The molecule has 12 bridgehead atoms. The Balaban J connectivity index is 1.12. The first-order valence-corrected chi connectivity index (χ1v) is 30.2. The van der Waals surface area contributed by atoms with Crippen molar-refractivity contribution in [3.05, 3.63) is 118 Å². The average molecular weight is 1210 g/mol. The van der Waals surface area contributed by atoms with Crippen LogP contribution in [0.2, 0.25) is 0 Å². The maximum Gasteiger partial charge on any atom is 0.335 e. The first-order valence-electron chi connectivity index (χ1n) is 24.8. The molecule has 5 unspecified atom stereocenters. The first kappa shape index (κ1) is 56.7. The van der Waals surface area contributed by atoms with Gasteiger partial charge in [-0.2, -0.15) is 0 Å². The largest absolute Gasteiger partial charge is 0.507 e. The van der Waals surface area contributed by atoms with Gasteiger partial charge in [0.2, 0.25) is 11.0 Å². The molecule has 418 valence electrons. The SMILES string of the molecule is C/C=C1\NC(=O)C(C(C)O)NC(=O)c2csc(n2)-c2cc(O)c(-c3nc(C(=O)NC(C)(C)C)cs3)cc2-c2csc(n2)C2CSC(=O)c3[nH]c4cccc(c4c3C)COC(=O)C(O)CC(NC(=O)c3csc1n3)c1nc(cs1)C(=O)N2. The number of allylic oxidation sites excluding steroid dienone is 1. The number of phenolic OH excluding ortho intramolecular Hbond substituents is 1. The Kier molecular flexibility index (Phi) is 16.2. The second kappa shape index (κ2) is 23.1. The molecule has 8 aromatic rings. The molecule has 0 saturated heterocycles. The zero-order valence-corrected chi connectivity index (χ0v) is 48.6. The van der Waals surface area contributed by atoms with Crippen LogP contribution in [-0.2, 0) is 20.9 Å². The number of rotatable bonds is 3. The summed E-state index contributed by atoms with van der Waals surface area (Å²) < 4.78 is 5.64. The number of esters is 1. The first-order chi connectivity index (χ1) is 38.6. The Labute approximate surface area is 485 Å². The van der Waals surface area contributed by atoms with E-state index in [0.717, 1.165) is 68.4 Å². The van der Waals surface area contributed by atoms with Gasteiger partial charge in [0.25, 0.3) is 23.6 Å². The summed E-state index contributed by atoms with van der Waals surface area (Å²) in [5, 5.41) is 57.0. The summed E-state index contributed by atoms with van der Waals surface area (Å²) in [6, 6.07) is 4.59. The quantitative estimate of drug-likeness (QED) is 0.0784. The van der Waals surface area contributed by atoms with Gasteiger partial charge in [-0.05, 0) is 70.9 Å². The number of thiazole rings is 5. The standard InChI is InChI=1S/C53H49N11O11S6/c1-7-27-48-61-31(17-79-48)41(68)56-29-13-37(67)51(73)75-14-23-9-8-10-28-38(23)21(2)39(54-28)52(74)81-20-35(57-42(69)32-18-80-49(29)62-32)50-58-30(15-78-50)24-11-26(47-60-34(19-77-47)44(71)64-53(4,5)6)36(66)12-25(24)46-59-33(16-76-46)43(70)63-40(22(3)65)45(72)55-27/h7-12,15-19,22,29,35,37,40,54,65-67H,13-14,20H2,1-6H3,(H,55,72)(H,56,68)(H,57,69)(H,63,70)(H,64,71)/b27-7-. The molecule has 10 rings (SSSR count). The summed E-state index contributed by atoms with van der Waals surface area (Å²) >= 11 is 6.19. The van der Waals surface area contributed by atoms with E-state index in [1.807, 2.05) is 20.8 Å². The van der Waals surface area contributed by atoms with Crippen molar-refractivity contribution in [1.29, 1.82) is 0 Å². The van der Waals surface area contributed by atoms with Gasteiger partial charge in [-0.3, -0.25) is 28.8 Å². The smallest absolute Gasteiger partial charge is 0.335 e. The van der Waals surface area contributed by atoms with Crippen LogP contribution in [0.3, 0.4) is 0 Å². The minimum Gasteiger partial charge on any atom is -0.507 e. The van der Waals surface area contributed by atoms with Gasteiger partial charge in [0.1, 0.15) is 66.2 Å². The third-order valence-corrected chi connectivity index (χ3v) is 18.2. The van der Waals surface area contributed by atoms with Gasteiger partial charge >= 0.3 is 5.97 Å². The van der Waals surface area contributed by atoms with E-state index in [9.17, 15) is 48.9 Å². The zero-order chi connectivity index (χ0) is 57.6. The number of aliphatic hydroxyl groups is 2. The van der Waals surface area contributed by atoms with E-state index in [-0.39, 0.29) is 83.0 Å². The van der Waals surface area contributed by atoms with Crippen molar-refractivity contribution in [2.75, 3.05) is 5.75 Å². The molecule has 2 aliphatic rings. The number of fused-ring (bicyclic) bond motifs is 13. The number of nitrogens with zero attached hydrogens (tertiary/aromatic N) is 5. The van der Waals surface area contributed by atoms with E-state index in [1.54, 1.807) is 48.9 Å². The van der Waals surface area contributed by atoms with E-state index >= 15 is 0 Å². The number of benzene rings is 2. The predicted molar refractivity (Wildman–Crippen MR) is 308 cm³/mol. The normalized spacial score (nSPS) is 19.6. The summed E-state index contributed by atoms with van der Waals surface area (Å²) in [5.41, 5.74) is 2.53. The summed E-state index contributed by atoms with van der Waals surface area (Å²) in [6.45, 7) is 9.90. The number of amides is 5. The molecule has 0 fully saturated rings. The summed E-state index contributed by atoms with van der Waals surface area (Å²) in [4.78, 5) is 124. The summed E-state index contributed by atoms with van der Waals surface area (Å²) in [6.07, 6.45) is -2.19. The number of aryl methyl sites for hydroxylation is 1. The number of aromatic nitrogens is 6. The molecule has 0 saturated carbocycles. The number of carbonyl (C=O) groups is 7. The number of hydrogen-bond acceptors (Lipinski definition) is 22. The van der Waals surface area contributed by atoms with E-state index in [1.165, 1.54) is 35.2 Å². The molecule has 28 heteroatoms. The Hall–Kier alpha value is -7.57. The van der Waals surface area contributed by atoms with Gasteiger partial charge in [-0.25, -0.2) is 29.7 Å². The highest BCUT2D eigenvalue weighted by atomic mass is 32.2. The zero-order valence-electron chi connectivity index (χ0n) is 43.7. The second-order valence-corrected chi connectivity index (χ2v) is 25.1. The minimum atomic E-state index is -1.82. The molecular formula is C53H49N11O11S6. The van der Waals surface area contributed by atoms with Gasteiger partial charge in [-0.1, -0.05) is 30.0 Å². The molecule has 5 atom stereocenters. The number of nitrogens with one attached hydrogen (secondary N) is 6. The lowest BCUT2D eigenvalue weighted by Crippen LogP contribution is -2.52. The van der Waals surface area contributed by atoms with Crippen LogP contribution >= 0.6 is 68.4 Å². The van der Waals surface area contributed by atoms with E-state index < -0.39 is 77.8 Å². The third-order valence-electron chi connectivity index (χ3n) is 12.7. The average Bonchev–Trinajstić information content (AvgIpc) is 4.42. The van der Waals surface area contributed by atoms with Crippen molar-refractivity contribution in [3.8, 4) is 38.1 Å². The Morgan fingerprint density at radius 3 is 2.11 bits per heavy atom. The Morgan fingerprint density at radius 1 is 0.778 bits per heavy atom. The predicted octanol–water partition coefficient (Wildman–Crippen LogP) is 7.29. The minimum absolute atomic E-state index is 0.0497. The number of phenols is 1. The summed E-state index contributed by atoms with van der Waals surface area (Å²) in [5.74, 6) is -4.85. The lowest BCUT2D eigenvalue weighted by atomic mass is 10.0. The lowest BCUT2D eigenvalue weighted by molar-refractivity contribution is -0.155. The van der Waals surface area contributed by atoms with Gasteiger partial charge < -0.3 is 51.6 Å². The molecular weight excluding hydrogens is 1160 g/mol. The highest BCUT2D eigenvalue weighted by Gasteiger charge is 2.33. The fourth-order valence-electron chi connectivity index (χ4n) is 8.74. The fourth-order valence-corrected chi connectivity index (χ4v) is 14.0. The molecule has 0 aliphatic carbocycles. The second-order valence-electron chi connectivity index (χ2n) is 19.7. The molecule has 2 aromatic carbocycles. The lowest BCUT2D eigenvalue weighted by Gasteiger charge is -2.21. The van der Waals surface area contributed by atoms with E-state index in [0.29, 0.717) is 43.9 Å².